The fourth-order valence-electron chi connectivity index (χ4n) is 1.24. The third kappa shape index (κ3) is 2.78. The van der Waals surface area contributed by atoms with Crippen LogP contribution < -0.4 is 0 Å². The second kappa shape index (κ2) is 4.27. The van der Waals surface area contributed by atoms with E-state index in [9.17, 15) is 5.11 Å². The first kappa shape index (κ1) is 12.0. The van der Waals surface area contributed by atoms with Crippen LogP contribution in [0.5, 0.6) is 0 Å². The lowest BCUT2D eigenvalue weighted by Crippen LogP contribution is -2.41. The first-order chi connectivity index (χ1) is 5.37. The van der Waals surface area contributed by atoms with Crippen molar-refractivity contribution in [2.75, 3.05) is 0 Å². The molecule has 0 radical (unpaired) electrons. The van der Waals surface area contributed by atoms with Crippen LogP contribution in [0.3, 0.4) is 0 Å². The SMILES string of the molecule is CCCCC(C)(O)C(C)(C)CC. The molecular formula is C11H24O. The van der Waals surface area contributed by atoms with Crippen LogP contribution in [0.25, 0.3) is 0 Å². The standard InChI is InChI=1S/C11H24O/c1-6-8-9-11(5,12)10(3,4)7-2/h12H,6-9H2,1-5H3. The van der Waals surface area contributed by atoms with Gasteiger partial charge >= 0.3 is 0 Å². The second-order valence-corrected chi connectivity index (χ2v) is 4.61. The Bertz CT molecular complexity index is 125. The van der Waals surface area contributed by atoms with Gasteiger partial charge in [-0.25, -0.2) is 0 Å². The van der Waals surface area contributed by atoms with Crippen LogP contribution in [-0.4, -0.2) is 10.7 Å². The van der Waals surface area contributed by atoms with E-state index in [1.807, 2.05) is 6.92 Å². The van der Waals surface area contributed by atoms with Gasteiger partial charge in [0.25, 0.3) is 0 Å². The topological polar surface area (TPSA) is 20.2 Å². The minimum atomic E-state index is -0.502. The summed E-state index contributed by atoms with van der Waals surface area (Å²) in [4.78, 5) is 0. The summed E-state index contributed by atoms with van der Waals surface area (Å²) in [7, 11) is 0. The lowest BCUT2D eigenvalue weighted by molar-refractivity contribution is -0.0610. The van der Waals surface area contributed by atoms with Gasteiger partial charge in [-0.3, -0.25) is 0 Å². The van der Waals surface area contributed by atoms with Crippen LogP contribution >= 0.6 is 0 Å². The zero-order valence-corrected chi connectivity index (χ0v) is 9.28. The van der Waals surface area contributed by atoms with E-state index >= 15 is 0 Å². The minimum absolute atomic E-state index is 0.0438. The fourth-order valence-corrected chi connectivity index (χ4v) is 1.24. The highest BCUT2D eigenvalue weighted by Gasteiger charge is 2.36. The summed E-state index contributed by atoms with van der Waals surface area (Å²) in [6.07, 6.45) is 4.24. The summed E-state index contributed by atoms with van der Waals surface area (Å²) in [5.74, 6) is 0. The first-order valence-corrected chi connectivity index (χ1v) is 5.09. The Hall–Kier alpha value is -0.0400. The van der Waals surface area contributed by atoms with E-state index in [0.717, 1.165) is 25.7 Å². The van der Waals surface area contributed by atoms with Gasteiger partial charge in [-0.15, -0.1) is 0 Å². The molecule has 0 aliphatic heterocycles. The van der Waals surface area contributed by atoms with Crippen molar-refractivity contribution < 1.29 is 5.11 Å². The summed E-state index contributed by atoms with van der Waals surface area (Å²) in [5, 5.41) is 10.2. The molecule has 1 atom stereocenters. The molecular weight excluding hydrogens is 148 g/mol. The summed E-state index contributed by atoms with van der Waals surface area (Å²) < 4.78 is 0. The number of rotatable bonds is 5. The Morgan fingerprint density at radius 1 is 1.08 bits per heavy atom. The van der Waals surface area contributed by atoms with E-state index in [1.54, 1.807) is 0 Å². The molecule has 1 N–H and O–H groups in total. The molecule has 0 rings (SSSR count). The number of hydrogen-bond donors (Lipinski definition) is 1. The molecule has 1 nitrogen and oxygen atoms in total. The van der Waals surface area contributed by atoms with Crippen molar-refractivity contribution in [2.45, 2.75) is 65.9 Å². The molecule has 0 aliphatic carbocycles. The Morgan fingerprint density at radius 3 is 1.92 bits per heavy atom. The van der Waals surface area contributed by atoms with Crippen molar-refractivity contribution in [2.24, 2.45) is 5.41 Å². The molecule has 0 aromatic carbocycles. The number of hydrogen-bond acceptors (Lipinski definition) is 1. The molecule has 0 bridgehead atoms. The number of unbranched alkanes of at least 4 members (excludes halogenated alkanes) is 1. The van der Waals surface area contributed by atoms with Gasteiger partial charge in [0.2, 0.25) is 0 Å². The Morgan fingerprint density at radius 2 is 1.58 bits per heavy atom. The van der Waals surface area contributed by atoms with Crippen LogP contribution in [0.15, 0.2) is 0 Å². The monoisotopic (exact) mass is 172 g/mol. The third-order valence-corrected chi connectivity index (χ3v) is 3.36. The van der Waals surface area contributed by atoms with Gasteiger partial charge in [-0.05, 0) is 25.2 Å². The van der Waals surface area contributed by atoms with Crippen LogP contribution in [0.2, 0.25) is 0 Å². The molecule has 1 unspecified atom stereocenters. The fraction of sp³-hybridized carbons (Fsp3) is 1.00. The average Bonchev–Trinajstić information content (AvgIpc) is 2.00. The van der Waals surface area contributed by atoms with E-state index in [2.05, 4.69) is 27.7 Å². The average molecular weight is 172 g/mol. The van der Waals surface area contributed by atoms with Gasteiger partial charge in [0.05, 0.1) is 5.60 Å². The molecule has 0 saturated carbocycles. The lowest BCUT2D eigenvalue weighted by Gasteiger charge is -2.39. The Balaban J connectivity index is 4.17. The van der Waals surface area contributed by atoms with Crippen molar-refractivity contribution in [1.29, 1.82) is 0 Å². The molecule has 0 saturated heterocycles. The van der Waals surface area contributed by atoms with Gasteiger partial charge < -0.3 is 5.11 Å². The van der Waals surface area contributed by atoms with Gasteiger partial charge in [-0.1, -0.05) is 40.5 Å². The van der Waals surface area contributed by atoms with Crippen LogP contribution in [0, 0.1) is 5.41 Å². The highest BCUT2D eigenvalue weighted by Crippen LogP contribution is 2.37. The molecule has 0 aromatic heterocycles. The van der Waals surface area contributed by atoms with E-state index in [1.165, 1.54) is 0 Å². The predicted octanol–water partition coefficient (Wildman–Crippen LogP) is 3.36. The van der Waals surface area contributed by atoms with Gasteiger partial charge in [0.1, 0.15) is 0 Å². The largest absolute Gasteiger partial charge is 0.390 e. The predicted molar refractivity (Wildman–Crippen MR) is 54.2 cm³/mol. The lowest BCUT2D eigenvalue weighted by atomic mass is 9.72. The summed E-state index contributed by atoms with van der Waals surface area (Å²) in [6, 6.07) is 0. The first-order valence-electron chi connectivity index (χ1n) is 5.09. The smallest absolute Gasteiger partial charge is 0.0670 e. The maximum absolute atomic E-state index is 10.2. The maximum atomic E-state index is 10.2. The molecule has 74 valence electrons. The highest BCUT2D eigenvalue weighted by atomic mass is 16.3. The number of aliphatic hydroxyl groups is 1. The summed E-state index contributed by atoms with van der Waals surface area (Å²) in [6.45, 7) is 10.5. The zero-order chi connectivity index (χ0) is 9.83. The normalized spacial score (nSPS) is 17.5. The quantitative estimate of drug-likeness (QED) is 0.674. The zero-order valence-electron chi connectivity index (χ0n) is 9.28. The third-order valence-electron chi connectivity index (χ3n) is 3.36. The molecule has 0 heterocycles. The highest BCUT2D eigenvalue weighted by molar-refractivity contribution is 4.88. The van der Waals surface area contributed by atoms with Crippen molar-refractivity contribution in [1.82, 2.24) is 0 Å². The van der Waals surface area contributed by atoms with Crippen LogP contribution in [0.1, 0.15) is 60.3 Å². The van der Waals surface area contributed by atoms with Gasteiger partial charge in [-0.2, -0.15) is 0 Å². The van der Waals surface area contributed by atoms with Crippen LogP contribution in [0.4, 0.5) is 0 Å². The van der Waals surface area contributed by atoms with Crippen molar-refractivity contribution in [3.8, 4) is 0 Å². The van der Waals surface area contributed by atoms with E-state index in [-0.39, 0.29) is 5.41 Å². The molecule has 12 heavy (non-hydrogen) atoms. The van der Waals surface area contributed by atoms with Gasteiger partial charge in [0.15, 0.2) is 0 Å². The van der Waals surface area contributed by atoms with E-state index in [4.69, 9.17) is 0 Å². The van der Waals surface area contributed by atoms with E-state index < -0.39 is 5.60 Å². The Kier molecular flexibility index (Phi) is 4.25. The molecule has 0 amide bonds. The van der Waals surface area contributed by atoms with Crippen molar-refractivity contribution in [3.05, 3.63) is 0 Å². The maximum Gasteiger partial charge on any atom is 0.0670 e. The summed E-state index contributed by atoms with van der Waals surface area (Å²) >= 11 is 0. The van der Waals surface area contributed by atoms with E-state index in [0.29, 0.717) is 0 Å². The van der Waals surface area contributed by atoms with Crippen LogP contribution in [-0.2, 0) is 0 Å². The molecule has 1 heteroatoms. The van der Waals surface area contributed by atoms with Gasteiger partial charge in [0, 0.05) is 0 Å². The molecule has 0 spiro atoms. The molecule has 0 fully saturated rings. The summed E-state index contributed by atoms with van der Waals surface area (Å²) in [5.41, 5.74) is -0.458. The Labute approximate surface area is 77.2 Å². The van der Waals surface area contributed by atoms with Crippen molar-refractivity contribution in [3.63, 3.8) is 0 Å². The second-order valence-electron chi connectivity index (χ2n) is 4.61. The molecule has 0 aliphatic rings. The minimum Gasteiger partial charge on any atom is -0.390 e. The van der Waals surface area contributed by atoms with Crippen molar-refractivity contribution >= 4 is 0 Å². The molecule has 0 aromatic rings.